The first kappa shape index (κ1) is 25.8. The third-order valence-electron chi connectivity index (χ3n) is 7.90. The highest BCUT2D eigenvalue weighted by Gasteiger charge is 2.32. The quantitative estimate of drug-likeness (QED) is 0.331. The standard InChI is InChI=1S/C31H32BrN5O2/c32-25-9-6-10-26(21-25)37-28-12-5-4-11-27(28)33-29(37)22-34-15-13-24(14-16-34)31(39)36-19-17-35(18-20-36)30(38)23-7-2-1-3-8-23/h1-12,21,24H,13-20,22H2. The molecule has 0 unspecified atom stereocenters. The molecule has 2 amide bonds. The van der Waals surface area contributed by atoms with Crippen molar-refractivity contribution in [3.63, 3.8) is 0 Å². The average molecular weight is 587 g/mol. The summed E-state index contributed by atoms with van der Waals surface area (Å²) < 4.78 is 3.28. The monoisotopic (exact) mass is 585 g/mol. The minimum atomic E-state index is 0.0431. The van der Waals surface area contributed by atoms with Gasteiger partial charge in [-0.1, -0.05) is 52.3 Å². The summed E-state index contributed by atoms with van der Waals surface area (Å²) in [6.07, 6.45) is 1.69. The van der Waals surface area contributed by atoms with Crippen LogP contribution in [0.3, 0.4) is 0 Å². The van der Waals surface area contributed by atoms with Crippen LogP contribution in [0.25, 0.3) is 16.7 Å². The lowest BCUT2D eigenvalue weighted by molar-refractivity contribution is -0.138. The zero-order valence-electron chi connectivity index (χ0n) is 21.9. The number of piperazine rings is 1. The third kappa shape index (κ3) is 5.49. The SMILES string of the molecule is O=C(c1ccccc1)N1CCN(C(=O)C2CCN(Cc3nc4ccccc4n3-c3cccc(Br)c3)CC2)CC1. The van der Waals surface area contributed by atoms with Gasteiger partial charge in [0.15, 0.2) is 0 Å². The molecular formula is C31H32BrN5O2. The summed E-state index contributed by atoms with van der Waals surface area (Å²) in [6, 6.07) is 25.9. The van der Waals surface area contributed by atoms with E-state index in [4.69, 9.17) is 4.98 Å². The number of carbonyl (C=O) groups is 2. The van der Waals surface area contributed by atoms with E-state index in [2.05, 4.69) is 55.7 Å². The zero-order chi connectivity index (χ0) is 26.8. The van der Waals surface area contributed by atoms with Crippen molar-refractivity contribution in [2.24, 2.45) is 5.92 Å². The average Bonchev–Trinajstić information content (AvgIpc) is 3.35. The second-order valence-corrected chi connectivity index (χ2v) is 11.3. The van der Waals surface area contributed by atoms with Crippen molar-refractivity contribution < 1.29 is 9.59 Å². The highest BCUT2D eigenvalue weighted by atomic mass is 79.9. The number of hydrogen-bond acceptors (Lipinski definition) is 4. The van der Waals surface area contributed by atoms with Crippen molar-refractivity contribution >= 4 is 38.8 Å². The molecule has 2 saturated heterocycles. The fraction of sp³-hybridized carbons (Fsp3) is 0.323. The van der Waals surface area contributed by atoms with Gasteiger partial charge in [-0.15, -0.1) is 0 Å². The van der Waals surface area contributed by atoms with Crippen LogP contribution in [-0.4, -0.2) is 75.3 Å². The number of imidazole rings is 1. The maximum Gasteiger partial charge on any atom is 0.253 e. The van der Waals surface area contributed by atoms with Crippen LogP contribution < -0.4 is 0 Å². The predicted molar refractivity (Wildman–Crippen MR) is 156 cm³/mol. The van der Waals surface area contributed by atoms with Gasteiger partial charge in [0.2, 0.25) is 5.91 Å². The lowest BCUT2D eigenvalue weighted by Gasteiger charge is -2.38. The van der Waals surface area contributed by atoms with E-state index in [0.717, 1.165) is 59.5 Å². The molecule has 7 nitrogen and oxygen atoms in total. The molecule has 4 aromatic rings. The largest absolute Gasteiger partial charge is 0.339 e. The fourth-order valence-corrected chi connectivity index (χ4v) is 6.16. The van der Waals surface area contributed by atoms with Gasteiger partial charge in [0.1, 0.15) is 5.82 Å². The number of benzene rings is 3. The van der Waals surface area contributed by atoms with Crippen molar-refractivity contribution in [3.8, 4) is 5.69 Å². The number of amides is 2. The molecule has 39 heavy (non-hydrogen) atoms. The molecular weight excluding hydrogens is 554 g/mol. The minimum Gasteiger partial charge on any atom is -0.339 e. The predicted octanol–water partition coefficient (Wildman–Crippen LogP) is 4.98. The number of piperidine rings is 1. The fourth-order valence-electron chi connectivity index (χ4n) is 5.77. The number of carbonyl (C=O) groups excluding carboxylic acids is 2. The third-order valence-corrected chi connectivity index (χ3v) is 8.39. The van der Waals surface area contributed by atoms with Crippen LogP contribution in [0.1, 0.15) is 29.0 Å². The van der Waals surface area contributed by atoms with Crippen LogP contribution in [0.2, 0.25) is 0 Å². The van der Waals surface area contributed by atoms with Crippen LogP contribution >= 0.6 is 15.9 Å². The Bertz CT molecular complexity index is 1470. The zero-order valence-corrected chi connectivity index (χ0v) is 23.5. The van der Waals surface area contributed by atoms with E-state index in [1.54, 1.807) is 0 Å². The van der Waals surface area contributed by atoms with Gasteiger partial charge in [0.25, 0.3) is 5.91 Å². The Balaban J connectivity index is 1.07. The molecule has 0 saturated carbocycles. The van der Waals surface area contributed by atoms with Gasteiger partial charge >= 0.3 is 0 Å². The molecule has 0 spiro atoms. The van der Waals surface area contributed by atoms with E-state index in [0.29, 0.717) is 31.7 Å². The summed E-state index contributed by atoms with van der Waals surface area (Å²) in [7, 11) is 0. The van der Waals surface area contributed by atoms with Gasteiger partial charge in [-0.3, -0.25) is 19.1 Å². The smallest absolute Gasteiger partial charge is 0.253 e. The summed E-state index contributed by atoms with van der Waals surface area (Å²) in [6.45, 7) is 4.86. The molecule has 2 aliphatic heterocycles. The Labute approximate surface area is 237 Å². The van der Waals surface area contributed by atoms with Crippen LogP contribution in [0.4, 0.5) is 0 Å². The highest BCUT2D eigenvalue weighted by Crippen LogP contribution is 2.27. The number of aromatic nitrogens is 2. The molecule has 200 valence electrons. The number of hydrogen-bond donors (Lipinski definition) is 0. The molecule has 0 bridgehead atoms. The van der Waals surface area contributed by atoms with Crippen molar-refractivity contribution in [2.75, 3.05) is 39.3 Å². The first-order valence-corrected chi connectivity index (χ1v) is 14.4. The van der Waals surface area contributed by atoms with Crippen molar-refractivity contribution in [2.45, 2.75) is 19.4 Å². The molecule has 2 aliphatic rings. The first-order valence-electron chi connectivity index (χ1n) is 13.6. The number of rotatable bonds is 5. The summed E-state index contributed by atoms with van der Waals surface area (Å²) in [4.78, 5) is 37.3. The summed E-state index contributed by atoms with van der Waals surface area (Å²) in [5, 5.41) is 0. The Kier molecular flexibility index (Phi) is 7.48. The topological polar surface area (TPSA) is 61.7 Å². The van der Waals surface area contributed by atoms with Crippen molar-refractivity contribution in [3.05, 3.63) is 94.7 Å². The van der Waals surface area contributed by atoms with Gasteiger partial charge in [0, 0.05) is 47.8 Å². The molecule has 0 atom stereocenters. The molecule has 3 heterocycles. The summed E-state index contributed by atoms with van der Waals surface area (Å²) >= 11 is 3.61. The number of nitrogens with zero attached hydrogens (tertiary/aromatic N) is 5. The normalized spacial score (nSPS) is 17.1. The number of halogens is 1. The molecule has 0 radical (unpaired) electrons. The summed E-state index contributed by atoms with van der Waals surface area (Å²) in [5.74, 6) is 1.34. The minimum absolute atomic E-state index is 0.0431. The second kappa shape index (κ2) is 11.3. The molecule has 0 aliphatic carbocycles. The van der Waals surface area contributed by atoms with Crippen molar-refractivity contribution in [1.82, 2.24) is 24.3 Å². The number of para-hydroxylation sites is 2. The van der Waals surface area contributed by atoms with Crippen LogP contribution in [0, 0.1) is 5.92 Å². The molecule has 6 rings (SSSR count). The highest BCUT2D eigenvalue weighted by molar-refractivity contribution is 9.10. The molecule has 8 heteroatoms. The van der Waals surface area contributed by atoms with Crippen LogP contribution in [-0.2, 0) is 11.3 Å². The van der Waals surface area contributed by atoms with Gasteiger partial charge < -0.3 is 9.80 Å². The lowest BCUT2D eigenvalue weighted by Crippen LogP contribution is -2.53. The van der Waals surface area contributed by atoms with E-state index >= 15 is 0 Å². The van der Waals surface area contributed by atoms with E-state index in [1.165, 1.54) is 0 Å². The maximum absolute atomic E-state index is 13.3. The van der Waals surface area contributed by atoms with E-state index < -0.39 is 0 Å². The maximum atomic E-state index is 13.3. The number of likely N-dealkylation sites (tertiary alicyclic amines) is 1. The lowest BCUT2D eigenvalue weighted by atomic mass is 9.95. The molecule has 0 N–H and O–H groups in total. The summed E-state index contributed by atoms with van der Waals surface area (Å²) in [5.41, 5.74) is 3.88. The van der Waals surface area contributed by atoms with Gasteiger partial charge in [-0.2, -0.15) is 0 Å². The van der Waals surface area contributed by atoms with E-state index in [9.17, 15) is 9.59 Å². The Morgan fingerprint density at radius 2 is 1.49 bits per heavy atom. The Morgan fingerprint density at radius 1 is 0.795 bits per heavy atom. The Morgan fingerprint density at radius 3 is 2.23 bits per heavy atom. The molecule has 1 aromatic heterocycles. The van der Waals surface area contributed by atoms with Gasteiger partial charge in [0.05, 0.1) is 17.6 Å². The van der Waals surface area contributed by atoms with Crippen LogP contribution in [0.5, 0.6) is 0 Å². The van der Waals surface area contributed by atoms with Crippen molar-refractivity contribution in [1.29, 1.82) is 0 Å². The molecule has 3 aromatic carbocycles. The first-order chi connectivity index (χ1) is 19.1. The van der Waals surface area contributed by atoms with E-state index in [1.807, 2.05) is 58.3 Å². The van der Waals surface area contributed by atoms with Gasteiger partial charge in [-0.05, 0) is 68.4 Å². The molecule has 2 fully saturated rings. The number of fused-ring (bicyclic) bond motifs is 1. The Hall–Kier alpha value is -3.49. The van der Waals surface area contributed by atoms with Gasteiger partial charge in [-0.25, -0.2) is 4.98 Å². The second-order valence-electron chi connectivity index (χ2n) is 10.4. The van der Waals surface area contributed by atoms with E-state index in [-0.39, 0.29) is 17.7 Å². The van der Waals surface area contributed by atoms with Crippen LogP contribution in [0.15, 0.2) is 83.3 Å².